The first kappa shape index (κ1) is 28.4. The van der Waals surface area contributed by atoms with Crippen LogP contribution in [0.5, 0.6) is 5.75 Å². The minimum atomic E-state index is -4.74. The Labute approximate surface area is 246 Å². The zero-order chi connectivity index (χ0) is 30.3. The number of alkyl halides is 3. The van der Waals surface area contributed by atoms with Gasteiger partial charge >= 0.3 is 6.36 Å². The van der Waals surface area contributed by atoms with Gasteiger partial charge in [-0.15, -0.1) is 13.2 Å². The zero-order valence-corrected chi connectivity index (χ0v) is 24.0. The summed E-state index contributed by atoms with van der Waals surface area (Å²) in [5.74, 6) is 1.39. The van der Waals surface area contributed by atoms with Crippen molar-refractivity contribution in [2.24, 2.45) is 11.3 Å². The number of aromatic amines is 1. The van der Waals surface area contributed by atoms with Gasteiger partial charge in [0.05, 0.1) is 28.6 Å². The van der Waals surface area contributed by atoms with Crippen LogP contribution in [0.25, 0.3) is 22.1 Å². The van der Waals surface area contributed by atoms with Crippen LogP contribution in [0.1, 0.15) is 57.8 Å². The topological polar surface area (TPSA) is 138 Å². The summed E-state index contributed by atoms with van der Waals surface area (Å²) in [5, 5.41) is 23.3. The van der Waals surface area contributed by atoms with Crippen molar-refractivity contribution in [2.75, 3.05) is 5.73 Å². The quantitative estimate of drug-likeness (QED) is 0.235. The molecule has 0 radical (unpaired) electrons. The highest BCUT2D eigenvalue weighted by Gasteiger charge is 2.69. The highest BCUT2D eigenvalue weighted by molar-refractivity contribution is 5.86. The zero-order valence-electron chi connectivity index (χ0n) is 24.0. The second kappa shape index (κ2) is 10.1. The molecule has 0 bridgehead atoms. The molecular weight excluding hydrogens is 563 g/mol. The van der Waals surface area contributed by atoms with Gasteiger partial charge in [0.15, 0.2) is 0 Å². The van der Waals surface area contributed by atoms with Crippen molar-refractivity contribution < 1.29 is 28.1 Å². The molecular formula is C30H36F3N7O3. The van der Waals surface area contributed by atoms with Crippen molar-refractivity contribution in [3.05, 3.63) is 42.6 Å². The van der Waals surface area contributed by atoms with E-state index < -0.39 is 18.6 Å². The Morgan fingerprint density at radius 1 is 1.19 bits per heavy atom. The van der Waals surface area contributed by atoms with E-state index in [9.17, 15) is 23.4 Å². The molecule has 13 heteroatoms. The number of nitrogens with two attached hydrogens (primary N) is 1. The van der Waals surface area contributed by atoms with Crippen LogP contribution in [0, 0.1) is 11.3 Å². The Kier molecular flexibility index (Phi) is 6.64. The Balaban J connectivity index is 0.982. The van der Waals surface area contributed by atoms with E-state index in [-0.39, 0.29) is 23.2 Å². The molecule has 230 valence electrons. The predicted octanol–water partition coefficient (Wildman–Crippen LogP) is 4.34. The van der Waals surface area contributed by atoms with Crippen molar-refractivity contribution >= 4 is 27.9 Å². The summed E-state index contributed by atoms with van der Waals surface area (Å²) in [6.07, 6.45) is 2.05. The molecule has 4 aromatic rings. The van der Waals surface area contributed by atoms with Crippen LogP contribution < -0.4 is 10.5 Å². The summed E-state index contributed by atoms with van der Waals surface area (Å²) in [6.45, 7) is 4.39. The van der Waals surface area contributed by atoms with Crippen molar-refractivity contribution in [3.63, 3.8) is 0 Å². The number of ether oxygens (including phenoxy) is 1. The molecule has 3 saturated carbocycles. The third kappa shape index (κ3) is 4.91. The van der Waals surface area contributed by atoms with Crippen molar-refractivity contribution in [3.8, 4) is 5.75 Å². The number of hydrogen-bond donors (Lipinski definition) is 4. The van der Waals surface area contributed by atoms with Crippen LogP contribution in [-0.4, -0.2) is 76.3 Å². The highest BCUT2D eigenvalue weighted by Crippen LogP contribution is 2.64. The fourth-order valence-electron chi connectivity index (χ4n) is 7.86. The molecule has 5 atom stereocenters. The van der Waals surface area contributed by atoms with Crippen LogP contribution >= 0.6 is 0 Å². The lowest BCUT2D eigenvalue weighted by Crippen LogP contribution is -2.51. The van der Waals surface area contributed by atoms with Crippen LogP contribution in [0.3, 0.4) is 0 Å². The van der Waals surface area contributed by atoms with E-state index in [2.05, 4.69) is 43.4 Å². The molecule has 5 N–H and O–H groups in total. The molecule has 3 fully saturated rings. The Hall–Kier alpha value is -3.42. The minimum absolute atomic E-state index is 0.193. The number of nitrogen functional groups attached to an aromatic ring is 1. The average Bonchev–Trinajstić information content (AvgIpc) is 3.17. The van der Waals surface area contributed by atoms with Gasteiger partial charge in [0.25, 0.3) is 0 Å². The Bertz CT molecular complexity index is 1650. The predicted molar refractivity (Wildman–Crippen MR) is 153 cm³/mol. The molecule has 1 aromatic carbocycles. The Morgan fingerprint density at radius 3 is 2.72 bits per heavy atom. The standard InChI is InChI=1S/C30H36F3N7O3/c1-15(2)40(17-9-16(10-17)3-6-24-37-20-5-4-18(11-21(20)38-24)43-30(31,32)33)23-13-29(23)12-22(25(41)26(29)42)39-8-7-19-27(34)35-14-36-28(19)39/h4-5,7-8,11,14-17,22-23,25-26,41-42H,3,6,9-10,12-13H2,1-2H3,(H,37,38)(H2,34,35,36)/t16?,17?,22-,23?,25+,26+,29?/m1/s1. The lowest BCUT2D eigenvalue weighted by molar-refractivity contribution is -0.274. The molecule has 10 nitrogen and oxygen atoms in total. The van der Waals surface area contributed by atoms with Crippen molar-refractivity contribution in [2.45, 2.75) is 95.1 Å². The van der Waals surface area contributed by atoms with E-state index in [4.69, 9.17) is 5.73 Å². The number of aryl methyl sites for hydroxylation is 1. The summed E-state index contributed by atoms with van der Waals surface area (Å²) in [7, 11) is 0. The second-order valence-electron chi connectivity index (χ2n) is 12.9. The monoisotopic (exact) mass is 599 g/mol. The number of rotatable bonds is 8. The number of halogens is 3. The number of nitrogens with one attached hydrogen (secondary N) is 1. The molecule has 43 heavy (non-hydrogen) atoms. The van der Waals surface area contributed by atoms with Crippen LogP contribution in [0.4, 0.5) is 19.0 Å². The number of hydrogen-bond acceptors (Lipinski definition) is 8. The normalized spacial score (nSPS) is 30.6. The largest absolute Gasteiger partial charge is 0.573 e. The molecule has 3 heterocycles. The summed E-state index contributed by atoms with van der Waals surface area (Å²) < 4.78 is 43.7. The van der Waals surface area contributed by atoms with Gasteiger partial charge in [0.2, 0.25) is 0 Å². The van der Waals surface area contributed by atoms with Gasteiger partial charge in [0.1, 0.15) is 35.5 Å². The van der Waals surface area contributed by atoms with Gasteiger partial charge in [0, 0.05) is 42.2 Å². The lowest BCUT2D eigenvalue weighted by Gasteiger charge is -2.46. The van der Waals surface area contributed by atoms with Crippen LogP contribution in [-0.2, 0) is 6.42 Å². The number of fused-ring (bicyclic) bond motifs is 2. The molecule has 3 aliphatic rings. The molecule has 1 spiro atoms. The molecule has 0 amide bonds. The average molecular weight is 600 g/mol. The molecule has 3 aliphatic carbocycles. The van der Waals surface area contributed by atoms with Gasteiger partial charge in [-0.2, -0.15) is 0 Å². The first-order chi connectivity index (χ1) is 20.4. The van der Waals surface area contributed by atoms with E-state index in [0.29, 0.717) is 53.3 Å². The molecule has 0 aliphatic heterocycles. The smallest absolute Gasteiger partial charge is 0.406 e. The van der Waals surface area contributed by atoms with Gasteiger partial charge in [-0.25, -0.2) is 15.0 Å². The molecule has 7 rings (SSSR count). The van der Waals surface area contributed by atoms with E-state index in [0.717, 1.165) is 36.9 Å². The third-order valence-electron chi connectivity index (χ3n) is 9.98. The van der Waals surface area contributed by atoms with E-state index in [1.165, 1.54) is 24.5 Å². The second-order valence-corrected chi connectivity index (χ2v) is 12.9. The van der Waals surface area contributed by atoms with Gasteiger partial charge in [-0.05, 0) is 70.1 Å². The maximum atomic E-state index is 12.6. The molecule has 3 aromatic heterocycles. The molecule has 0 saturated heterocycles. The number of aliphatic hydroxyl groups is 2. The summed E-state index contributed by atoms with van der Waals surface area (Å²) >= 11 is 0. The van der Waals surface area contributed by atoms with Gasteiger partial charge in [-0.1, -0.05) is 0 Å². The SMILES string of the molecule is CC(C)N(C1CC(CCc2nc3ccc(OC(F)(F)F)cc3[nH]2)C1)C1CC12C[C@@H](n1ccc3c(N)ncnc31)[C@H](O)[C@@H]2O. The fourth-order valence-corrected chi connectivity index (χ4v) is 7.86. The van der Waals surface area contributed by atoms with E-state index in [1.54, 1.807) is 0 Å². The number of nitrogens with zero attached hydrogens (tertiary/aromatic N) is 5. The number of aliphatic hydroxyl groups excluding tert-OH is 2. The maximum Gasteiger partial charge on any atom is 0.573 e. The van der Waals surface area contributed by atoms with Crippen molar-refractivity contribution in [1.29, 1.82) is 0 Å². The Morgan fingerprint density at radius 2 is 1.98 bits per heavy atom. The minimum Gasteiger partial charge on any atom is -0.406 e. The fraction of sp³-hybridized carbons (Fsp3) is 0.567. The van der Waals surface area contributed by atoms with Crippen LogP contribution in [0.2, 0.25) is 0 Å². The first-order valence-electron chi connectivity index (χ1n) is 14.9. The maximum absolute atomic E-state index is 12.6. The number of imidazole rings is 1. The lowest BCUT2D eigenvalue weighted by atomic mass is 9.76. The summed E-state index contributed by atoms with van der Waals surface area (Å²) in [4.78, 5) is 18.7. The van der Waals surface area contributed by atoms with E-state index >= 15 is 0 Å². The van der Waals surface area contributed by atoms with E-state index in [1.807, 2.05) is 16.8 Å². The van der Waals surface area contributed by atoms with Gasteiger partial charge < -0.3 is 30.2 Å². The first-order valence-corrected chi connectivity index (χ1v) is 14.9. The summed E-state index contributed by atoms with van der Waals surface area (Å²) in [6, 6.07) is 6.58. The van der Waals surface area contributed by atoms with Crippen LogP contribution in [0.15, 0.2) is 36.8 Å². The molecule has 2 unspecified atom stereocenters. The number of H-pyrrole nitrogens is 1. The van der Waals surface area contributed by atoms with Gasteiger partial charge in [-0.3, -0.25) is 4.90 Å². The highest BCUT2D eigenvalue weighted by atomic mass is 19.4. The van der Waals surface area contributed by atoms with Crippen molar-refractivity contribution in [1.82, 2.24) is 29.4 Å². The third-order valence-corrected chi connectivity index (χ3v) is 9.98. The summed E-state index contributed by atoms with van der Waals surface area (Å²) in [5.41, 5.74) is 7.46. The number of anilines is 1. The number of aromatic nitrogens is 5. The number of benzene rings is 1.